The molecule has 34 heavy (non-hydrogen) atoms. The van der Waals surface area contributed by atoms with Crippen LogP contribution in [0.4, 0.5) is 5.69 Å². The number of rotatable bonds is 8. The quantitative estimate of drug-likeness (QED) is 0.388. The van der Waals surface area contributed by atoms with Gasteiger partial charge in [-0.1, -0.05) is 24.3 Å². The monoisotopic (exact) mass is 457 g/mol. The van der Waals surface area contributed by atoms with Crippen LogP contribution in [0, 0.1) is 0 Å². The number of nitrogens with one attached hydrogen (secondary N) is 1. The largest absolute Gasteiger partial charge is 0.497 e. The van der Waals surface area contributed by atoms with Crippen molar-refractivity contribution in [1.29, 1.82) is 0 Å². The van der Waals surface area contributed by atoms with E-state index in [4.69, 9.17) is 18.9 Å². The third-order valence-corrected chi connectivity index (χ3v) is 4.95. The lowest BCUT2D eigenvalue weighted by Crippen LogP contribution is -2.12. The second-order valence-corrected chi connectivity index (χ2v) is 7.15. The van der Waals surface area contributed by atoms with Crippen molar-refractivity contribution in [3.8, 4) is 40.1 Å². The zero-order valence-electron chi connectivity index (χ0n) is 18.9. The molecule has 0 aliphatic heterocycles. The third kappa shape index (κ3) is 5.24. The molecular weight excluding hydrogens is 434 g/mol. The van der Waals surface area contributed by atoms with Crippen molar-refractivity contribution < 1.29 is 23.7 Å². The van der Waals surface area contributed by atoms with Crippen LogP contribution in [0.25, 0.3) is 11.3 Å². The number of hydrogen-bond acceptors (Lipinski definition) is 7. The van der Waals surface area contributed by atoms with Crippen molar-refractivity contribution >= 4 is 11.6 Å². The first-order valence-electron chi connectivity index (χ1n) is 10.4. The van der Waals surface area contributed by atoms with Crippen molar-refractivity contribution in [1.82, 2.24) is 10.2 Å². The minimum Gasteiger partial charge on any atom is -0.497 e. The molecule has 0 aliphatic rings. The highest BCUT2D eigenvalue weighted by atomic mass is 16.5. The van der Waals surface area contributed by atoms with Gasteiger partial charge < -0.3 is 24.3 Å². The average molecular weight is 457 g/mol. The van der Waals surface area contributed by atoms with Gasteiger partial charge in [-0.05, 0) is 30.3 Å². The molecule has 0 unspecified atom stereocenters. The van der Waals surface area contributed by atoms with E-state index in [1.54, 1.807) is 82.0 Å². The number of hydrogen-bond donors (Lipinski definition) is 1. The predicted molar refractivity (Wildman–Crippen MR) is 128 cm³/mol. The molecular formula is C26H23N3O5. The number of anilines is 1. The van der Waals surface area contributed by atoms with E-state index in [-0.39, 0.29) is 5.91 Å². The molecule has 0 saturated heterocycles. The minimum atomic E-state index is -0.277. The molecule has 1 heterocycles. The summed E-state index contributed by atoms with van der Waals surface area (Å²) >= 11 is 0. The van der Waals surface area contributed by atoms with Crippen LogP contribution in [0.5, 0.6) is 28.9 Å². The van der Waals surface area contributed by atoms with Gasteiger partial charge in [0.25, 0.3) is 5.91 Å². The molecule has 172 valence electrons. The fourth-order valence-electron chi connectivity index (χ4n) is 3.25. The lowest BCUT2D eigenvalue weighted by molar-refractivity contribution is 0.102. The van der Waals surface area contributed by atoms with Gasteiger partial charge in [0.05, 0.1) is 27.0 Å². The summed E-state index contributed by atoms with van der Waals surface area (Å²) in [5.41, 5.74) is 2.37. The van der Waals surface area contributed by atoms with Crippen LogP contribution in [-0.2, 0) is 0 Å². The highest BCUT2D eigenvalue weighted by Gasteiger charge is 2.11. The van der Waals surface area contributed by atoms with E-state index < -0.39 is 0 Å². The first-order valence-corrected chi connectivity index (χ1v) is 10.4. The van der Waals surface area contributed by atoms with Gasteiger partial charge in [-0.25, -0.2) is 0 Å². The standard InChI is InChI=1S/C26H23N3O5/c1-31-20-14-19(15-21(16-20)32-2)27-26(30)18-8-6-7-17(13-18)22-11-12-25(29-28-22)34-24-10-5-4-9-23(24)33-3/h4-16H,1-3H3,(H,27,30). The van der Waals surface area contributed by atoms with E-state index in [1.165, 1.54) is 0 Å². The SMILES string of the molecule is COc1cc(NC(=O)c2cccc(-c3ccc(Oc4ccccc4OC)nn3)c2)cc(OC)c1. The molecule has 0 atom stereocenters. The predicted octanol–water partition coefficient (Wildman–Crippen LogP) is 5.21. The molecule has 0 spiro atoms. The number of carbonyl (C=O) groups is 1. The van der Waals surface area contributed by atoms with Gasteiger partial charge in [0.15, 0.2) is 11.5 Å². The zero-order chi connectivity index (χ0) is 23.9. The topological polar surface area (TPSA) is 91.8 Å². The molecule has 4 rings (SSSR count). The Hall–Kier alpha value is -4.59. The van der Waals surface area contributed by atoms with Gasteiger partial charge in [-0.2, -0.15) is 0 Å². The van der Waals surface area contributed by atoms with Crippen molar-refractivity contribution in [2.75, 3.05) is 26.6 Å². The summed E-state index contributed by atoms with van der Waals surface area (Å²) in [4.78, 5) is 12.9. The van der Waals surface area contributed by atoms with Gasteiger partial charge in [0, 0.05) is 41.1 Å². The molecule has 1 N–H and O–H groups in total. The number of aromatic nitrogens is 2. The second kappa shape index (κ2) is 10.4. The van der Waals surface area contributed by atoms with Crippen LogP contribution in [0.3, 0.4) is 0 Å². The van der Waals surface area contributed by atoms with Gasteiger partial charge in [0.2, 0.25) is 5.88 Å². The Bertz CT molecular complexity index is 1270. The molecule has 0 aliphatic carbocycles. The third-order valence-electron chi connectivity index (χ3n) is 4.95. The summed E-state index contributed by atoms with van der Waals surface area (Å²) < 4.78 is 21.6. The molecule has 0 bridgehead atoms. The molecule has 8 nitrogen and oxygen atoms in total. The Morgan fingerprint density at radius 3 is 2.12 bits per heavy atom. The van der Waals surface area contributed by atoms with Crippen LogP contribution in [0.2, 0.25) is 0 Å². The summed E-state index contributed by atoms with van der Waals surface area (Å²) in [5.74, 6) is 2.35. The molecule has 4 aromatic rings. The summed E-state index contributed by atoms with van der Waals surface area (Å²) in [6, 6.07) is 23.1. The van der Waals surface area contributed by atoms with Crippen LogP contribution in [0.1, 0.15) is 10.4 Å². The van der Waals surface area contributed by atoms with E-state index in [0.717, 1.165) is 5.56 Å². The van der Waals surface area contributed by atoms with Crippen LogP contribution in [-0.4, -0.2) is 37.4 Å². The molecule has 0 fully saturated rings. The summed E-state index contributed by atoms with van der Waals surface area (Å²) in [7, 11) is 4.68. The molecule has 0 saturated carbocycles. The Morgan fingerprint density at radius 2 is 1.47 bits per heavy atom. The van der Waals surface area contributed by atoms with Crippen molar-refractivity contribution in [3.05, 3.63) is 84.4 Å². The number of amides is 1. The maximum Gasteiger partial charge on any atom is 0.255 e. The van der Waals surface area contributed by atoms with E-state index in [9.17, 15) is 4.79 Å². The number of methoxy groups -OCH3 is 3. The number of benzene rings is 3. The minimum absolute atomic E-state index is 0.277. The van der Waals surface area contributed by atoms with Crippen molar-refractivity contribution in [3.63, 3.8) is 0 Å². The molecule has 0 radical (unpaired) electrons. The fourth-order valence-corrected chi connectivity index (χ4v) is 3.25. The molecule has 1 amide bonds. The average Bonchev–Trinajstić information content (AvgIpc) is 2.89. The second-order valence-electron chi connectivity index (χ2n) is 7.15. The Balaban J connectivity index is 1.50. The smallest absolute Gasteiger partial charge is 0.255 e. The van der Waals surface area contributed by atoms with E-state index in [0.29, 0.717) is 45.8 Å². The molecule has 3 aromatic carbocycles. The number of carbonyl (C=O) groups excluding carboxylic acids is 1. The Labute approximate surface area is 197 Å². The first kappa shape index (κ1) is 22.6. The summed E-state index contributed by atoms with van der Waals surface area (Å²) in [5, 5.41) is 11.3. The van der Waals surface area contributed by atoms with Crippen LogP contribution >= 0.6 is 0 Å². The van der Waals surface area contributed by atoms with E-state index >= 15 is 0 Å². The number of ether oxygens (including phenoxy) is 4. The highest BCUT2D eigenvalue weighted by molar-refractivity contribution is 6.05. The van der Waals surface area contributed by atoms with E-state index in [1.807, 2.05) is 18.2 Å². The summed E-state index contributed by atoms with van der Waals surface area (Å²) in [6.45, 7) is 0. The molecule has 1 aromatic heterocycles. The lowest BCUT2D eigenvalue weighted by atomic mass is 10.1. The van der Waals surface area contributed by atoms with Gasteiger partial charge in [-0.15, -0.1) is 10.2 Å². The summed E-state index contributed by atoms with van der Waals surface area (Å²) in [6.07, 6.45) is 0. The van der Waals surface area contributed by atoms with E-state index in [2.05, 4.69) is 15.5 Å². The fraction of sp³-hybridized carbons (Fsp3) is 0.115. The lowest BCUT2D eigenvalue weighted by Gasteiger charge is -2.11. The maximum absolute atomic E-state index is 12.9. The number of para-hydroxylation sites is 2. The zero-order valence-corrected chi connectivity index (χ0v) is 18.9. The van der Waals surface area contributed by atoms with Gasteiger partial charge in [-0.3, -0.25) is 4.79 Å². The highest BCUT2D eigenvalue weighted by Crippen LogP contribution is 2.30. The number of nitrogens with zero attached hydrogens (tertiary/aromatic N) is 2. The Morgan fingerprint density at radius 1 is 0.735 bits per heavy atom. The van der Waals surface area contributed by atoms with Gasteiger partial charge >= 0.3 is 0 Å². The maximum atomic E-state index is 12.9. The first-order chi connectivity index (χ1) is 16.6. The Kier molecular flexibility index (Phi) is 6.88. The van der Waals surface area contributed by atoms with Crippen molar-refractivity contribution in [2.24, 2.45) is 0 Å². The molecule has 8 heteroatoms. The van der Waals surface area contributed by atoms with Crippen molar-refractivity contribution in [2.45, 2.75) is 0 Å². The van der Waals surface area contributed by atoms with Gasteiger partial charge in [0.1, 0.15) is 11.5 Å². The van der Waals surface area contributed by atoms with Crippen LogP contribution < -0.4 is 24.3 Å². The normalized spacial score (nSPS) is 10.3. The van der Waals surface area contributed by atoms with Crippen LogP contribution in [0.15, 0.2) is 78.9 Å².